The predicted octanol–water partition coefficient (Wildman–Crippen LogP) is 2.40. The van der Waals surface area contributed by atoms with Gasteiger partial charge >= 0.3 is 0 Å². The van der Waals surface area contributed by atoms with Gasteiger partial charge in [0.1, 0.15) is 17.2 Å². The van der Waals surface area contributed by atoms with Gasteiger partial charge in [-0.3, -0.25) is 0 Å². The third-order valence-corrected chi connectivity index (χ3v) is 2.00. The summed E-state index contributed by atoms with van der Waals surface area (Å²) in [5.74, 6) is 1.24. The highest BCUT2D eigenvalue weighted by Gasteiger charge is 2.04. The smallest absolute Gasteiger partial charge is 0.145 e. The number of ether oxygens (including phenoxy) is 1. The molecule has 0 unspecified atom stereocenters. The molecule has 0 aromatic heterocycles. The molecule has 1 aromatic rings. The number of nitrogen functional groups attached to an aromatic ring is 1. The van der Waals surface area contributed by atoms with Crippen LogP contribution in [-0.2, 0) is 0 Å². The van der Waals surface area contributed by atoms with E-state index in [-0.39, 0.29) is 5.75 Å². The molecule has 0 atom stereocenters. The lowest BCUT2D eigenvalue weighted by atomic mass is 10.1. The topological polar surface area (TPSA) is 55.5 Å². The molecule has 0 fully saturated rings. The van der Waals surface area contributed by atoms with Gasteiger partial charge in [0, 0.05) is 0 Å². The van der Waals surface area contributed by atoms with Gasteiger partial charge in [0.15, 0.2) is 0 Å². The molecule has 0 bridgehead atoms. The molecule has 0 saturated carbocycles. The molecule has 0 heterocycles. The second-order valence-corrected chi connectivity index (χ2v) is 3.72. The van der Waals surface area contributed by atoms with Crippen LogP contribution in [0.1, 0.15) is 20.3 Å². The van der Waals surface area contributed by atoms with E-state index in [1.165, 1.54) is 0 Å². The maximum absolute atomic E-state index is 9.30. The second kappa shape index (κ2) is 4.74. The van der Waals surface area contributed by atoms with E-state index in [4.69, 9.17) is 10.5 Å². The number of anilines is 1. The Morgan fingerprint density at radius 2 is 2.14 bits per heavy atom. The molecule has 78 valence electrons. The van der Waals surface area contributed by atoms with E-state index in [1.807, 2.05) is 0 Å². The first-order valence-corrected chi connectivity index (χ1v) is 4.81. The van der Waals surface area contributed by atoms with E-state index < -0.39 is 0 Å². The standard InChI is InChI=1S/C11H17NO2/c1-8(2)6-7-14-10-5-3-4-9(13)11(10)12/h3-5,8,13H,6-7,12H2,1-2H3. The zero-order chi connectivity index (χ0) is 10.6. The van der Waals surface area contributed by atoms with Crippen LogP contribution in [0.15, 0.2) is 18.2 Å². The predicted molar refractivity (Wildman–Crippen MR) is 57.5 cm³/mol. The van der Waals surface area contributed by atoms with Gasteiger partial charge < -0.3 is 15.6 Å². The van der Waals surface area contributed by atoms with Gasteiger partial charge in [0.25, 0.3) is 0 Å². The number of hydrogen-bond acceptors (Lipinski definition) is 3. The van der Waals surface area contributed by atoms with E-state index in [0.717, 1.165) is 6.42 Å². The highest BCUT2D eigenvalue weighted by atomic mass is 16.5. The molecule has 0 aliphatic heterocycles. The quantitative estimate of drug-likeness (QED) is 0.573. The number of benzene rings is 1. The van der Waals surface area contributed by atoms with E-state index in [9.17, 15) is 5.11 Å². The van der Waals surface area contributed by atoms with Gasteiger partial charge in [-0.2, -0.15) is 0 Å². The van der Waals surface area contributed by atoms with Crippen molar-refractivity contribution in [3.8, 4) is 11.5 Å². The van der Waals surface area contributed by atoms with Crippen LogP contribution in [-0.4, -0.2) is 11.7 Å². The molecule has 0 amide bonds. The van der Waals surface area contributed by atoms with Crippen molar-refractivity contribution in [1.82, 2.24) is 0 Å². The molecular formula is C11H17NO2. The van der Waals surface area contributed by atoms with Crippen molar-refractivity contribution < 1.29 is 9.84 Å². The fourth-order valence-electron chi connectivity index (χ4n) is 1.06. The van der Waals surface area contributed by atoms with Gasteiger partial charge in [0.2, 0.25) is 0 Å². The van der Waals surface area contributed by atoms with E-state index >= 15 is 0 Å². The molecule has 1 aromatic carbocycles. The van der Waals surface area contributed by atoms with Gasteiger partial charge in [-0.1, -0.05) is 19.9 Å². The van der Waals surface area contributed by atoms with Gasteiger partial charge in [-0.05, 0) is 24.5 Å². The van der Waals surface area contributed by atoms with Crippen molar-refractivity contribution in [2.75, 3.05) is 12.3 Å². The third kappa shape index (κ3) is 2.83. The molecule has 3 heteroatoms. The van der Waals surface area contributed by atoms with E-state index in [2.05, 4.69) is 13.8 Å². The summed E-state index contributed by atoms with van der Waals surface area (Å²) >= 11 is 0. The summed E-state index contributed by atoms with van der Waals surface area (Å²) in [5, 5.41) is 9.30. The number of aromatic hydroxyl groups is 1. The van der Waals surface area contributed by atoms with Crippen molar-refractivity contribution >= 4 is 5.69 Å². The number of phenols is 1. The second-order valence-electron chi connectivity index (χ2n) is 3.72. The fraction of sp³-hybridized carbons (Fsp3) is 0.455. The summed E-state index contributed by atoms with van der Waals surface area (Å²) in [6, 6.07) is 5.02. The highest BCUT2D eigenvalue weighted by molar-refractivity contribution is 5.61. The Kier molecular flexibility index (Phi) is 3.63. The highest BCUT2D eigenvalue weighted by Crippen LogP contribution is 2.30. The number of rotatable bonds is 4. The van der Waals surface area contributed by atoms with Crippen molar-refractivity contribution in [2.24, 2.45) is 5.92 Å². The van der Waals surface area contributed by atoms with Gasteiger partial charge in [-0.15, -0.1) is 0 Å². The molecule has 0 aliphatic carbocycles. The zero-order valence-corrected chi connectivity index (χ0v) is 8.66. The minimum absolute atomic E-state index is 0.0760. The zero-order valence-electron chi connectivity index (χ0n) is 8.66. The van der Waals surface area contributed by atoms with Crippen LogP contribution in [0.4, 0.5) is 5.69 Å². The Morgan fingerprint density at radius 3 is 2.79 bits per heavy atom. The Morgan fingerprint density at radius 1 is 1.43 bits per heavy atom. The summed E-state index contributed by atoms with van der Waals surface area (Å²) in [5.41, 5.74) is 5.94. The lowest BCUT2D eigenvalue weighted by Gasteiger charge is -2.10. The lowest BCUT2D eigenvalue weighted by Crippen LogP contribution is -2.03. The Bertz CT molecular complexity index is 297. The Labute approximate surface area is 84.5 Å². The van der Waals surface area contributed by atoms with Crippen LogP contribution in [0.3, 0.4) is 0 Å². The first-order chi connectivity index (χ1) is 6.61. The summed E-state index contributed by atoms with van der Waals surface area (Å²) in [6.45, 7) is 4.90. The largest absolute Gasteiger partial charge is 0.506 e. The number of hydrogen-bond donors (Lipinski definition) is 2. The average molecular weight is 195 g/mol. The van der Waals surface area contributed by atoms with Crippen LogP contribution in [0.5, 0.6) is 11.5 Å². The van der Waals surface area contributed by atoms with Crippen LogP contribution in [0.25, 0.3) is 0 Å². The minimum atomic E-state index is 0.0760. The Hall–Kier alpha value is -1.38. The van der Waals surface area contributed by atoms with Crippen LogP contribution >= 0.6 is 0 Å². The molecule has 14 heavy (non-hydrogen) atoms. The molecule has 0 saturated heterocycles. The minimum Gasteiger partial charge on any atom is -0.506 e. The molecule has 3 nitrogen and oxygen atoms in total. The number of phenolic OH excluding ortho intramolecular Hbond substituents is 1. The monoisotopic (exact) mass is 195 g/mol. The van der Waals surface area contributed by atoms with Crippen molar-refractivity contribution in [1.29, 1.82) is 0 Å². The lowest BCUT2D eigenvalue weighted by molar-refractivity contribution is 0.290. The van der Waals surface area contributed by atoms with Gasteiger partial charge in [0.05, 0.1) is 6.61 Å². The maximum atomic E-state index is 9.30. The molecule has 1 rings (SSSR count). The first-order valence-electron chi connectivity index (χ1n) is 4.81. The van der Waals surface area contributed by atoms with Crippen LogP contribution < -0.4 is 10.5 Å². The van der Waals surface area contributed by atoms with Crippen LogP contribution in [0.2, 0.25) is 0 Å². The van der Waals surface area contributed by atoms with Gasteiger partial charge in [-0.25, -0.2) is 0 Å². The normalized spacial score (nSPS) is 10.5. The molecule has 0 radical (unpaired) electrons. The SMILES string of the molecule is CC(C)CCOc1cccc(O)c1N. The first kappa shape index (κ1) is 10.7. The summed E-state index contributed by atoms with van der Waals surface area (Å²) in [4.78, 5) is 0. The van der Waals surface area contributed by atoms with Crippen molar-refractivity contribution in [2.45, 2.75) is 20.3 Å². The molecule has 0 aliphatic rings. The van der Waals surface area contributed by atoms with Crippen molar-refractivity contribution in [3.63, 3.8) is 0 Å². The fourth-order valence-corrected chi connectivity index (χ4v) is 1.06. The Balaban J connectivity index is 2.54. The van der Waals surface area contributed by atoms with Crippen molar-refractivity contribution in [3.05, 3.63) is 18.2 Å². The number of para-hydroxylation sites is 1. The summed E-state index contributed by atoms with van der Waals surface area (Å²) in [6.07, 6.45) is 0.981. The average Bonchev–Trinajstić information content (AvgIpc) is 2.12. The maximum Gasteiger partial charge on any atom is 0.145 e. The van der Waals surface area contributed by atoms with E-state index in [1.54, 1.807) is 18.2 Å². The number of nitrogens with two attached hydrogens (primary N) is 1. The molecule has 0 spiro atoms. The third-order valence-electron chi connectivity index (χ3n) is 2.00. The summed E-state index contributed by atoms with van der Waals surface area (Å²) in [7, 11) is 0. The molecular weight excluding hydrogens is 178 g/mol. The summed E-state index contributed by atoms with van der Waals surface area (Å²) < 4.78 is 5.44. The van der Waals surface area contributed by atoms with E-state index in [0.29, 0.717) is 24.0 Å². The van der Waals surface area contributed by atoms with Crippen LogP contribution in [0, 0.1) is 5.92 Å². The molecule has 3 N–H and O–H groups in total.